The second-order valence-corrected chi connectivity index (χ2v) is 6.61. The fourth-order valence-corrected chi connectivity index (χ4v) is 3.48. The van der Waals surface area contributed by atoms with Crippen molar-refractivity contribution in [1.29, 1.82) is 0 Å². The van der Waals surface area contributed by atoms with Crippen LogP contribution in [0.3, 0.4) is 0 Å². The number of carbonyl (C=O) groups is 1. The van der Waals surface area contributed by atoms with E-state index < -0.39 is 0 Å². The lowest BCUT2D eigenvalue weighted by molar-refractivity contribution is -0.146. The third kappa shape index (κ3) is 3.98. The van der Waals surface area contributed by atoms with Gasteiger partial charge in [0, 0.05) is 30.8 Å². The Kier molecular flexibility index (Phi) is 5.31. The standard InChI is InChI=1S/C20H25N3O2/c1-14-18(13-16-7-5-4-6-8-16)19(22-15(2)21-14)23-11-9-17(10-12-23)20(24)25-3/h4-8,17H,9-13H2,1-3H3. The monoisotopic (exact) mass is 339 g/mol. The van der Waals surface area contributed by atoms with Crippen LogP contribution in [-0.2, 0) is 16.0 Å². The van der Waals surface area contributed by atoms with E-state index in [2.05, 4.69) is 41.1 Å². The van der Waals surface area contributed by atoms with Crippen LogP contribution in [0.25, 0.3) is 0 Å². The van der Waals surface area contributed by atoms with Gasteiger partial charge in [0.15, 0.2) is 0 Å². The number of carbonyl (C=O) groups excluding carboxylic acids is 1. The first-order chi connectivity index (χ1) is 12.1. The molecule has 5 heteroatoms. The molecule has 0 radical (unpaired) electrons. The first kappa shape index (κ1) is 17.4. The number of nitrogens with zero attached hydrogens (tertiary/aromatic N) is 3. The lowest BCUT2D eigenvalue weighted by Crippen LogP contribution is -2.38. The lowest BCUT2D eigenvalue weighted by atomic mass is 9.96. The zero-order chi connectivity index (χ0) is 17.8. The summed E-state index contributed by atoms with van der Waals surface area (Å²) in [5.74, 6) is 1.71. The Morgan fingerprint density at radius 3 is 2.48 bits per heavy atom. The highest BCUT2D eigenvalue weighted by atomic mass is 16.5. The maximum atomic E-state index is 11.8. The molecule has 0 aliphatic carbocycles. The minimum absolute atomic E-state index is 0.00264. The van der Waals surface area contributed by atoms with Gasteiger partial charge >= 0.3 is 5.97 Å². The van der Waals surface area contributed by atoms with Gasteiger partial charge in [-0.3, -0.25) is 4.79 Å². The van der Waals surface area contributed by atoms with Gasteiger partial charge in [-0.2, -0.15) is 0 Å². The molecule has 5 nitrogen and oxygen atoms in total. The molecule has 0 amide bonds. The summed E-state index contributed by atoms with van der Waals surface area (Å²) in [6.07, 6.45) is 2.43. The van der Waals surface area contributed by atoms with Crippen LogP contribution in [0.2, 0.25) is 0 Å². The first-order valence-corrected chi connectivity index (χ1v) is 8.79. The topological polar surface area (TPSA) is 55.3 Å². The van der Waals surface area contributed by atoms with Crippen LogP contribution in [0.5, 0.6) is 0 Å². The molecule has 1 fully saturated rings. The quantitative estimate of drug-likeness (QED) is 0.801. The van der Waals surface area contributed by atoms with Gasteiger partial charge in [0.1, 0.15) is 11.6 Å². The molecule has 0 spiro atoms. The molecule has 0 bridgehead atoms. The highest BCUT2D eigenvalue weighted by Crippen LogP contribution is 2.28. The number of ether oxygens (including phenoxy) is 1. The summed E-state index contributed by atoms with van der Waals surface area (Å²) in [7, 11) is 1.46. The Balaban J connectivity index is 1.85. The molecule has 1 aliphatic rings. The van der Waals surface area contributed by atoms with Crippen LogP contribution in [0.1, 0.15) is 35.5 Å². The fourth-order valence-electron chi connectivity index (χ4n) is 3.48. The number of anilines is 1. The molecule has 1 aliphatic heterocycles. The van der Waals surface area contributed by atoms with Crippen molar-refractivity contribution in [2.24, 2.45) is 5.92 Å². The summed E-state index contributed by atoms with van der Waals surface area (Å²) >= 11 is 0. The van der Waals surface area contributed by atoms with Crippen LogP contribution in [0.4, 0.5) is 5.82 Å². The number of hydrogen-bond acceptors (Lipinski definition) is 5. The van der Waals surface area contributed by atoms with Crippen molar-refractivity contribution >= 4 is 11.8 Å². The predicted molar refractivity (Wildman–Crippen MR) is 97.7 cm³/mol. The van der Waals surface area contributed by atoms with Gasteiger partial charge in [-0.15, -0.1) is 0 Å². The maximum Gasteiger partial charge on any atom is 0.308 e. The predicted octanol–water partition coefficient (Wildman–Crippen LogP) is 3.07. The van der Waals surface area contributed by atoms with Crippen LogP contribution in [0.15, 0.2) is 30.3 Å². The number of methoxy groups -OCH3 is 1. The molecule has 3 rings (SSSR count). The van der Waals surface area contributed by atoms with E-state index in [0.717, 1.165) is 49.7 Å². The molecule has 0 saturated carbocycles. The Bertz CT molecular complexity index is 738. The smallest absolute Gasteiger partial charge is 0.308 e. The van der Waals surface area contributed by atoms with Gasteiger partial charge < -0.3 is 9.64 Å². The second kappa shape index (κ2) is 7.64. The zero-order valence-corrected chi connectivity index (χ0v) is 15.2. The van der Waals surface area contributed by atoms with Crippen LogP contribution >= 0.6 is 0 Å². The average Bonchev–Trinajstić information content (AvgIpc) is 2.64. The highest BCUT2D eigenvalue weighted by Gasteiger charge is 2.28. The lowest BCUT2D eigenvalue weighted by Gasteiger charge is -2.33. The normalized spacial score (nSPS) is 15.2. The molecule has 0 N–H and O–H groups in total. The Labute approximate surface area is 149 Å². The maximum absolute atomic E-state index is 11.8. The van der Waals surface area contributed by atoms with E-state index in [4.69, 9.17) is 9.72 Å². The van der Waals surface area contributed by atoms with Crippen molar-refractivity contribution in [3.05, 3.63) is 53.0 Å². The molecule has 1 saturated heterocycles. The van der Waals surface area contributed by atoms with Crippen molar-refractivity contribution in [3.63, 3.8) is 0 Å². The Morgan fingerprint density at radius 2 is 1.84 bits per heavy atom. The largest absolute Gasteiger partial charge is 0.469 e. The second-order valence-electron chi connectivity index (χ2n) is 6.61. The number of benzene rings is 1. The molecule has 25 heavy (non-hydrogen) atoms. The van der Waals surface area contributed by atoms with Crippen LogP contribution in [0, 0.1) is 19.8 Å². The van der Waals surface area contributed by atoms with Gasteiger partial charge in [0.25, 0.3) is 0 Å². The SMILES string of the molecule is COC(=O)C1CCN(c2nc(C)nc(C)c2Cc2ccccc2)CC1. The minimum atomic E-state index is -0.0980. The molecule has 0 atom stereocenters. The van der Waals surface area contributed by atoms with Gasteiger partial charge in [-0.1, -0.05) is 30.3 Å². The number of hydrogen-bond donors (Lipinski definition) is 0. The third-order valence-corrected chi connectivity index (χ3v) is 4.86. The van der Waals surface area contributed by atoms with Crippen molar-refractivity contribution in [2.45, 2.75) is 33.1 Å². The zero-order valence-electron chi connectivity index (χ0n) is 15.2. The minimum Gasteiger partial charge on any atom is -0.469 e. The summed E-state index contributed by atoms with van der Waals surface area (Å²) < 4.78 is 4.89. The van der Waals surface area contributed by atoms with Gasteiger partial charge in [-0.25, -0.2) is 9.97 Å². The van der Waals surface area contributed by atoms with Crippen molar-refractivity contribution in [1.82, 2.24) is 9.97 Å². The van der Waals surface area contributed by atoms with E-state index in [1.54, 1.807) is 0 Å². The van der Waals surface area contributed by atoms with Gasteiger partial charge in [0.05, 0.1) is 13.0 Å². The summed E-state index contributed by atoms with van der Waals surface area (Å²) in [6.45, 7) is 5.62. The Hall–Kier alpha value is -2.43. The third-order valence-electron chi connectivity index (χ3n) is 4.86. The molecular formula is C20H25N3O2. The van der Waals surface area contributed by atoms with Gasteiger partial charge in [0.2, 0.25) is 0 Å². The molecule has 132 valence electrons. The summed E-state index contributed by atoms with van der Waals surface area (Å²) in [6, 6.07) is 10.4. The number of esters is 1. The Morgan fingerprint density at radius 1 is 1.16 bits per heavy atom. The number of piperidine rings is 1. The summed E-state index contributed by atoms with van der Waals surface area (Å²) in [5, 5.41) is 0. The first-order valence-electron chi connectivity index (χ1n) is 8.79. The average molecular weight is 339 g/mol. The van der Waals surface area contributed by atoms with Crippen molar-refractivity contribution in [3.8, 4) is 0 Å². The summed E-state index contributed by atoms with van der Waals surface area (Å²) in [5.41, 5.74) is 3.46. The van der Waals surface area contributed by atoms with Crippen LogP contribution in [-0.4, -0.2) is 36.1 Å². The molecule has 2 heterocycles. The van der Waals surface area contributed by atoms with E-state index >= 15 is 0 Å². The molecule has 2 aromatic rings. The van der Waals surface area contributed by atoms with Crippen molar-refractivity contribution in [2.75, 3.05) is 25.1 Å². The molecule has 0 unspecified atom stereocenters. The molecular weight excluding hydrogens is 314 g/mol. The summed E-state index contributed by atoms with van der Waals surface area (Å²) in [4.78, 5) is 23.4. The van der Waals surface area contributed by atoms with E-state index in [-0.39, 0.29) is 11.9 Å². The number of aryl methyl sites for hydroxylation is 2. The molecule has 1 aromatic heterocycles. The highest BCUT2D eigenvalue weighted by molar-refractivity contribution is 5.72. The van der Waals surface area contributed by atoms with Gasteiger partial charge in [-0.05, 0) is 32.3 Å². The van der Waals surface area contributed by atoms with E-state index in [1.807, 2.05) is 13.0 Å². The van der Waals surface area contributed by atoms with E-state index in [0.29, 0.717) is 0 Å². The fraction of sp³-hybridized carbons (Fsp3) is 0.450. The van der Waals surface area contributed by atoms with E-state index in [9.17, 15) is 4.79 Å². The number of aromatic nitrogens is 2. The number of rotatable bonds is 4. The van der Waals surface area contributed by atoms with Crippen LogP contribution < -0.4 is 4.90 Å². The molecule has 1 aromatic carbocycles. The van der Waals surface area contributed by atoms with Crippen molar-refractivity contribution < 1.29 is 9.53 Å². The van der Waals surface area contributed by atoms with E-state index in [1.165, 1.54) is 18.2 Å².